The monoisotopic (exact) mass is 313 g/mol. The minimum atomic E-state index is -1.21. The molecular formula is C19H20FNO2. The van der Waals surface area contributed by atoms with Crippen molar-refractivity contribution >= 4 is 6.09 Å². The van der Waals surface area contributed by atoms with Crippen molar-refractivity contribution in [1.82, 2.24) is 0 Å². The summed E-state index contributed by atoms with van der Waals surface area (Å²) < 4.78 is 13.5. The maximum Gasteiger partial charge on any atom is 0.258 e. The average molecular weight is 313 g/mol. The van der Waals surface area contributed by atoms with Crippen molar-refractivity contribution in [1.29, 1.82) is 0 Å². The predicted octanol–water partition coefficient (Wildman–Crippen LogP) is 3.22. The first-order valence-corrected chi connectivity index (χ1v) is 7.87. The summed E-state index contributed by atoms with van der Waals surface area (Å²) in [7, 11) is 0. The fourth-order valence-electron chi connectivity index (χ4n) is 3.41. The molecule has 1 aliphatic carbocycles. The van der Waals surface area contributed by atoms with Crippen LogP contribution in [-0.2, 0) is 6.54 Å². The Morgan fingerprint density at radius 3 is 2.17 bits per heavy atom. The fraction of sp³-hybridized carbons (Fsp3) is 0.316. The van der Waals surface area contributed by atoms with Crippen LogP contribution in [0.4, 0.5) is 9.18 Å². The summed E-state index contributed by atoms with van der Waals surface area (Å²) in [5, 5.41) is 12.2. The van der Waals surface area contributed by atoms with Gasteiger partial charge in [-0.2, -0.15) is 0 Å². The highest BCUT2D eigenvalue weighted by Gasteiger charge is 2.58. The van der Waals surface area contributed by atoms with Crippen LogP contribution >= 0.6 is 0 Å². The van der Waals surface area contributed by atoms with E-state index >= 15 is 0 Å². The largest absolute Gasteiger partial charge is 0.498 e. The molecule has 23 heavy (non-hydrogen) atoms. The Morgan fingerprint density at radius 1 is 1.17 bits per heavy atom. The van der Waals surface area contributed by atoms with E-state index < -0.39 is 22.8 Å². The highest BCUT2D eigenvalue weighted by Crippen LogP contribution is 2.45. The molecule has 0 aliphatic heterocycles. The standard InChI is InChI=1S/C19H20FNO2/c1-14(16-10-6-3-7-11-16)21(19(22)23,18-12-17(18)20)13-15-8-4-2-5-9-15/h2-11,14,17-18H,12-13H2,1H3/t14?,17-,18-,21-/m1/s1. The molecule has 1 saturated carbocycles. The number of hydrogen-bond acceptors (Lipinski definition) is 2. The number of halogens is 1. The summed E-state index contributed by atoms with van der Waals surface area (Å²) in [4.78, 5) is 12.2. The minimum absolute atomic E-state index is 0.227. The topological polar surface area (TPSA) is 40.1 Å². The number of alkyl halides is 1. The highest BCUT2D eigenvalue weighted by molar-refractivity contribution is 5.56. The molecule has 0 radical (unpaired) electrons. The molecule has 4 heteroatoms. The second-order valence-corrected chi connectivity index (χ2v) is 6.25. The molecule has 0 N–H and O–H groups in total. The summed E-state index contributed by atoms with van der Waals surface area (Å²) in [6, 6.07) is 17.9. The normalized spacial score (nSPS) is 23.7. The van der Waals surface area contributed by atoms with Gasteiger partial charge in [0, 0.05) is 17.5 Å². The summed E-state index contributed by atoms with van der Waals surface area (Å²) in [6.07, 6.45) is -2.02. The van der Waals surface area contributed by atoms with E-state index in [0.29, 0.717) is 0 Å². The lowest BCUT2D eigenvalue weighted by Gasteiger charge is -2.43. The van der Waals surface area contributed by atoms with Gasteiger partial charge >= 0.3 is 0 Å². The van der Waals surface area contributed by atoms with Gasteiger partial charge in [-0.25, -0.2) is 4.39 Å². The number of nitrogens with zero attached hydrogens (tertiary/aromatic N) is 1. The van der Waals surface area contributed by atoms with Crippen molar-refractivity contribution in [3.05, 3.63) is 71.8 Å². The third-order valence-corrected chi connectivity index (χ3v) is 4.87. The van der Waals surface area contributed by atoms with E-state index in [9.17, 15) is 14.3 Å². The maximum absolute atomic E-state index is 13.9. The highest BCUT2D eigenvalue weighted by atomic mass is 19.1. The van der Waals surface area contributed by atoms with Crippen molar-refractivity contribution in [2.75, 3.05) is 0 Å². The van der Waals surface area contributed by atoms with Crippen LogP contribution in [-0.4, -0.2) is 22.8 Å². The van der Waals surface area contributed by atoms with Gasteiger partial charge in [0.05, 0.1) is 0 Å². The molecule has 120 valence electrons. The smallest absolute Gasteiger partial charge is 0.258 e. The molecule has 2 aromatic rings. The second-order valence-electron chi connectivity index (χ2n) is 6.25. The zero-order valence-corrected chi connectivity index (χ0v) is 13.1. The van der Waals surface area contributed by atoms with Crippen molar-refractivity contribution in [3.8, 4) is 0 Å². The molecule has 1 fully saturated rings. The van der Waals surface area contributed by atoms with Gasteiger partial charge in [0.1, 0.15) is 18.6 Å². The van der Waals surface area contributed by atoms with Gasteiger partial charge in [-0.05, 0) is 6.92 Å². The Balaban J connectivity index is 2.03. The quantitative estimate of drug-likeness (QED) is 0.795. The molecule has 3 nitrogen and oxygen atoms in total. The van der Waals surface area contributed by atoms with Crippen LogP contribution in [0.1, 0.15) is 30.5 Å². The van der Waals surface area contributed by atoms with E-state index in [-0.39, 0.29) is 19.0 Å². The first kappa shape index (κ1) is 15.7. The third kappa shape index (κ3) is 2.86. The number of benzene rings is 2. The first-order valence-electron chi connectivity index (χ1n) is 7.87. The Bertz CT molecular complexity index is 676. The van der Waals surface area contributed by atoms with Crippen molar-refractivity contribution in [3.63, 3.8) is 0 Å². The number of hydrogen-bond donors (Lipinski definition) is 0. The molecule has 0 spiro atoms. The maximum atomic E-state index is 13.9. The SMILES string of the molecule is CC(c1ccccc1)[N@@+](Cc1ccccc1)(C(=O)[O-])[C@@H]1C[C@H]1F. The molecule has 0 heterocycles. The zero-order chi connectivity index (χ0) is 16.4. The minimum Gasteiger partial charge on any atom is -0.498 e. The Hall–Kier alpha value is -2.20. The first-order chi connectivity index (χ1) is 11.1. The molecule has 0 saturated heterocycles. The number of carbonyl (C=O) groups is 1. The van der Waals surface area contributed by atoms with E-state index in [1.807, 2.05) is 67.6 Å². The van der Waals surface area contributed by atoms with E-state index in [4.69, 9.17) is 0 Å². The van der Waals surface area contributed by atoms with E-state index in [1.54, 1.807) is 0 Å². The van der Waals surface area contributed by atoms with Crippen LogP contribution < -0.4 is 5.11 Å². The molecule has 3 rings (SSSR count). The fourth-order valence-corrected chi connectivity index (χ4v) is 3.41. The molecular weight excluding hydrogens is 293 g/mol. The molecule has 4 atom stereocenters. The lowest BCUT2D eigenvalue weighted by molar-refractivity contribution is -0.927. The number of carbonyl (C=O) groups excluding carboxylic acids is 1. The average Bonchev–Trinajstić information content (AvgIpc) is 3.30. The third-order valence-electron chi connectivity index (χ3n) is 4.87. The van der Waals surface area contributed by atoms with Crippen molar-refractivity contribution < 1.29 is 18.8 Å². The van der Waals surface area contributed by atoms with Crippen LogP contribution in [0.15, 0.2) is 60.7 Å². The Morgan fingerprint density at radius 2 is 1.70 bits per heavy atom. The van der Waals surface area contributed by atoms with Crippen LogP contribution in [0.25, 0.3) is 0 Å². The van der Waals surface area contributed by atoms with E-state index in [2.05, 4.69) is 0 Å². The van der Waals surface area contributed by atoms with E-state index in [1.165, 1.54) is 0 Å². The lowest BCUT2D eigenvalue weighted by atomic mass is 10.0. The molecule has 0 bridgehead atoms. The molecule has 0 aromatic heterocycles. The number of amides is 1. The van der Waals surface area contributed by atoms with Crippen LogP contribution in [0.5, 0.6) is 0 Å². The number of rotatable bonds is 5. The van der Waals surface area contributed by atoms with Gasteiger partial charge < -0.3 is 9.90 Å². The van der Waals surface area contributed by atoms with Gasteiger partial charge in [-0.1, -0.05) is 60.7 Å². The number of quaternary nitrogens is 1. The van der Waals surface area contributed by atoms with Crippen LogP contribution in [0.2, 0.25) is 0 Å². The Kier molecular flexibility index (Phi) is 4.18. The molecule has 1 aliphatic rings. The zero-order valence-electron chi connectivity index (χ0n) is 13.1. The van der Waals surface area contributed by atoms with Crippen molar-refractivity contribution in [2.24, 2.45) is 0 Å². The summed E-state index contributed by atoms with van der Waals surface area (Å²) >= 11 is 0. The lowest BCUT2D eigenvalue weighted by Crippen LogP contribution is -2.61. The summed E-state index contributed by atoms with van der Waals surface area (Å²) in [5.74, 6) is 0. The summed E-state index contributed by atoms with van der Waals surface area (Å²) in [6.45, 7) is 2.07. The summed E-state index contributed by atoms with van der Waals surface area (Å²) in [5.41, 5.74) is 1.75. The number of carboxylic acid groups (broad SMARTS) is 1. The molecule has 1 amide bonds. The predicted molar refractivity (Wildman–Crippen MR) is 84.0 cm³/mol. The van der Waals surface area contributed by atoms with Crippen LogP contribution in [0.3, 0.4) is 0 Å². The molecule has 1 unspecified atom stereocenters. The van der Waals surface area contributed by atoms with Crippen molar-refractivity contribution in [2.45, 2.75) is 38.1 Å². The van der Waals surface area contributed by atoms with Gasteiger partial charge in [0.2, 0.25) is 0 Å². The van der Waals surface area contributed by atoms with E-state index in [0.717, 1.165) is 11.1 Å². The van der Waals surface area contributed by atoms with Crippen LogP contribution in [0, 0.1) is 0 Å². The Labute approximate surface area is 135 Å². The van der Waals surface area contributed by atoms with Gasteiger partial charge in [0.25, 0.3) is 6.09 Å². The van der Waals surface area contributed by atoms with Gasteiger partial charge in [-0.15, -0.1) is 0 Å². The molecule has 2 aromatic carbocycles. The van der Waals surface area contributed by atoms with Gasteiger partial charge in [-0.3, -0.25) is 4.48 Å². The van der Waals surface area contributed by atoms with Gasteiger partial charge in [0.15, 0.2) is 6.17 Å². The second kappa shape index (κ2) is 6.13.